The predicted molar refractivity (Wildman–Crippen MR) is 62.7 cm³/mol. The van der Waals surface area contributed by atoms with E-state index >= 15 is 0 Å². The van der Waals surface area contributed by atoms with Gasteiger partial charge in [0.1, 0.15) is 0 Å². The molecule has 82 valence electrons. The first kappa shape index (κ1) is 11.8. The summed E-state index contributed by atoms with van der Waals surface area (Å²) in [5, 5.41) is 0. The Kier molecular flexibility index (Phi) is 4.88. The highest BCUT2D eigenvalue weighted by Crippen LogP contribution is 2.04. The van der Waals surface area contributed by atoms with Crippen molar-refractivity contribution >= 4 is 5.91 Å². The highest BCUT2D eigenvalue weighted by molar-refractivity contribution is 5.76. The number of amides is 1. The lowest BCUT2D eigenvalue weighted by Crippen LogP contribution is -2.27. The molecule has 0 aliphatic carbocycles. The molecule has 0 unspecified atom stereocenters. The fourth-order valence-electron chi connectivity index (χ4n) is 1.55. The van der Waals surface area contributed by atoms with Crippen LogP contribution in [-0.4, -0.2) is 24.4 Å². The van der Waals surface area contributed by atoms with Gasteiger partial charge in [-0.05, 0) is 18.4 Å². The number of benzene rings is 1. The maximum atomic E-state index is 11.6. The molecule has 0 aromatic heterocycles. The van der Waals surface area contributed by atoms with E-state index in [9.17, 15) is 4.79 Å². The van der Waals surface area contributed by atoms with Gasteiger partial charge in [-0.3, -0.25) is 4.79 Å². The van der Waals surface area contributed by atoms with Gasteiger partial charge in [-0.15, -0.1) is 0 Å². The van der Waals surface area contributed by atoms with Crippen molar-refractivity contribution in [1.82, 2.24) is 4.90 Å². The predicted octanol–water partition coefficient (Wildman–Crippen LogP) is 2.49. The average molecular weight is 205 g/mol. The molecular formula is C13H19NO. The number of nitrogens with zero attached hydrogens (tertiary/aromatic N) is 1. The summed E-state index contributed by atoms with van der Waals surface area (Å²) < 4.78 is 0. The van der Waals surface area contributed by atoms with E-state index in [0.29, 0.717) is 6.42 Å². The van der Waals surface area contributed by atoms with E-state index in [1.165, 1.54) is 5.56 Å². The second kappa shape index (κ2) is 6.23. The molecule has 0 spiro atoms. The first-order chi connectivity index (χ1) is 7.24. The van der Waals surface area contributed by atoms with Gasteiger partial charge in [0.25, 0.3) is 0 Å². The van der Waals surface area contributed by atoms with Crippen molar-refractivity contribution < 1.29 is 4.79 Å². The Labute approximate surface area is 91.9 Å². The van der Waals surface area contributed by atoms with Crippen LogP contribution >= 0.6 is 0 Å². The van der Waals surface area contributed by atoms with Crippen LogP contribution in [0.5, 0.6) is 0 Å². The molecule has 0 fully saturated rings. The standard InChI is InChI=1S/C13H19NO/c1-3-11-14(2)13(15)10-9-12-7-5-4-6-8-12/h4-8H,3,9-11H2,1-2H3. The minimum absolute atomic E-state index is 0.237. The van der Waals surface area contributed by atoms with Gasteiger partial charge >= 0.3 is 0 Å². The molecule has 0 saturated carbocycles. The lowest BCUT2D eigenvalue weighted by Gasteiger charge is -2.15. The van der Waals surface area contributed by atoms with Crippen LogP contribution in [0.4, 0.5) is 0 Å². The van der Waals surface area contributed by atoms with Crippen molar-refractivity contribution in [3.63, 3.8) is 0 Å². The fourth-order valence-corrected chi connectivity index (χ4v) is 1.55. The van der Waals surface area contributed by atoms with Crippen LogP contribution in [0.1, 0.15) is 25.3 Å². The van der Waals surface area contributed by atoms with Crippen molar-refractivity contribution in [2.24, 2.45) is 0 Å². The monoisotopic (exact) mass is 205 g/mol. The van der Waals surface area contributed by atoms with E-state index in [-0.39, 0.29) is 5.91 Å². The van der Waals surface area contributed by atoms with Crippen LogP contribution in [0.15, 0.2) is 30.3 Å². The molecule has 2 nitrogen and oxygen atoms in total. The van der Waals surface area contributed by atoms with Gasteiger partial charge in [-0.1, -0.05) is 37.3 Å². The Morgan fingerprint density at radius 1 is 1.27 bits per heavy atom. The molecule has 0 aliphatic rings. The first-order valence-corrected chi connectivity index (χ1v) is 5.52. The number of rotatable bonds is 5. The topological polar surface area (TPSA) is 20.3 Å². The highest BCUT2D eigenvalue weighted by Gasteiger charge is 2.06. The van der Waals surface area contributed by atoms with Crippen molar-refractivity contribution in [2.75, 3.05) is 13.6 Å². The smallest absolute Gasteiger partial charge is 0.222 e. The molecule has 0 N–H and O–H groups in total. The normalized spacial score (nSPS) is 10.0. The van der Waals surface area contributed by atoms with Gasteiger partial charge in [-0.25, -0.2) is 0 Å². The van der Waals surface area contributed by atoms with Gasteiger partial charge in [0.2, 0.25) is 5.91 Å². The van der Waals surface area contributed by atoms with Crippen molar-refractivity contribution in [3.05, 3.63) is 35.9 Å². The molecule has 0 atom stereocenters. The van der Waals surface area contributed by atoms with Crippen LogP contribution in [-0.2, 0) is 11.2 Å². The van der Waals surface area contributed by atoms with E-state index in [1.807, 2.05) is 30.1 Å². The third kappa shape index (κ3) is 4.15. The summed E-state index contributed by atoms with van der Waals surface area (Å²) in [6.45, 7) is 2.94. The maximum absolute atomic E-state index is 11.6. The average Bonchev–Trinajstić information content (AvgIpc) is 2.27. The Hall–Kier alpha value is -1.31. The van der Waals surface area contributed by atoms with Gasteiger partial charge in [0.05, 0.1) is 0 Å². The third-order valence-corrected chi connectivity index (χ3v) is 2.46. The van der Waals surface area contributed by atoms with E-state index in [2.05, 4.69) is 19.1 Å². The second-order valence-electron chi connectivity index (χ2n) is 3.80. The molecule has 0 bridgehead atoms. The summed E-state index contributed by atoms with van der Waals surface area (Å²) in [5.41, 5.74) is 1.23. The Bertz CT molecular complexity index is 295. The minimum atomic E-state index is 0.237. The number of carbonyl (C=O) groups is 1. The lowest BCUT2D eigenvalue weighted by molar-refractivity contribution is -0.129. The summed E-state index contributed by atoms with van der Waals surface area (Å²) in [4.78, 5) is 13.4. The molecule has 1 aromatic rings. The summed E-state index contributed by atoms with van der Waals surface area (Å²) in [6.07, 6.45) is 2.47. The van der Waals surface area contributed by atoms with Crippen LogP contribution in [0.2, 0.25) is 0 Å². The zero-order valence-corrected chi connectivity index (χ0v) is 9.57. The quantitative estimate of drug-likeness (QED) is 0.723. The molecule has 15 heavy (non-hydrogen) atoms. The summed E-state index contributed by atoms with van der Waals surface area (Å²) in [6, 6.07) is 10.1. The Morgan fingerprint density at radius 3 is 2.53 bits per heavy atom. The molecule has 0 heterocycles. The summed E-state index contributed by atoms with van der Waals surface area (Å²) in [7, 11) is 1.87. The number of hydrogen-bond donors (Lipinski definition) is 0. The van der Waals surface area contributed by atoms with Crippen LogP contribution in [0.25, 0.3) is 0 Å². The Balaban J connectivity index is 2.34. The minimum Gasteiger partial charge on any atom is -0.346 e. The second-order valence-corrected chi connectivity index (χ2v) is 3.80. The Morgan fingerprint density at radius 2 is 1.93 bits per heavy atom. The van der Waals surface area contributed by atoms with E-state index in [4.69, 9.17) is 0 Å². The maximum Gasteiger partial charge on any atom is 0.222 e. The molecule has 1 rings (SSSR count). The zero-order valence-electron chi connectivity index (χ0n) is 9.57. The van der Waals surface area contributed by atoms with Crippen LogP contribution in [0.3, 0.4) is 0 Å². The summed E-state index contributed by atoms with van der Waals surface area (Å²) in [5.74, 6) is 0.237. The fraction of sp³-hybridized carbons (Fsp3) is 0.462. The van der Waals surface area contributed by atoms with Crippen molar-refractivity contribution in [2.45, 2.75) is 26.2 Å². The molecule has 1 aromatic carbocycles. The lowest BCUT2D eigenvalue weighted by atomic mass is 10.1. The van der Waals surface area contributed by atoms with Crippen LogP contribution < -0.4 is 0 Å². The number of aryl methyl sites for hydroxylation is 1. The van der Waals surface area contributed by atoms with E-state index in [1.54, 1.807) is 0 Å². The zero-order chi connectivity index (χ0) is 11.1. The van der Waals surface area contributed by atoms with E-state index in [0.717, 1.165) is 19.4 Å². The SMILES string of the molecule is CCCN(C)C(=O)CCc1ccccc1. The van der Waals surface area contributed by atoms with Gasteiger partial charge in [-0.2, -0.15) is 0 Å². The van der Waals surface area contributed by atoms with Crippen LogP contribution in [0, 0.1) is 0 Å². The van der Waals surface area contributed by atoms with Gasteiger partial charge in [0.15, 0.2) is 0 Å². The molecule has 0 saturated heterocycles. The van der Waals surface area contributed by atoms with Crippen molar-refractivity contribution in [1.29, 1.82) is 0 Å². The third-order valence-electron chi connectivity index (χ3n) is 2.46. The molecule has 2 heteroatoms. The highest BCUT2D eigenvalue weighted by atomic mass is 16.2. The molecule has 0 radical (unpaired) electrons. The molecule has 1 amide bonds. The van der Waals surface area contributed by atoms with Crippen molar-refractivity contribution in [3.8, 4) is 0 Å². The van der Waals surface area contributed by atoms with E-state index < -0.39 is 0 Å². The summed E-state index contributed by atoms with van der Waals surface area (Å²) >= 11 is 0. The molecular weight excluding hydrogens is 186 g/mol. The number of hydrogen-bond acceptors (Lipinski definition) is 1. The first-order valence-electron chi connectivity index (χ1n) is 5.52. The van der Waals surface area contributed by atoms with Gasteiger partial charge in [0, 0.05) is 20.0 Å². The molecule has 0 aliphatic heterocycles. The van der Waals surface area contributed by atoms with Gasteiger partial charge < -0.3 is 4.90 Å². The largest absolute Gasteiger partial charge is 0.346 e. The number of carbonyl (C=O) groups excluding carboxylic acids is 1.